The van der Waals surface area contributed by atoms with Crippen LogP contribution in [0.1, 0.15) is 11.3 Å². The number of rotatable bonds is 8. The molecule has 1 aliphatic heterocycles. The van der Waals surface area contributed by atoms with Crippen molar-refractivity contribution in [3.8, 4) is 0 Å². The Morgan fingerprint density at radius 2 is 2.33 bits per heavy atom. The lowest BCUT2D eigenvalue weighted by atomic mass is 9.88. The average molecular weight is 396 g/mol. The zero-order valence-corrected chi connectivity index (χ0v) is 15.4. The second kappa shape index (κ2) is 8.06. The molecule has 2 heterocycles. The third-order valence-electron chi connectivity index (χ3n) is 3.92. The summed E-state index contributed by atoms with van der Waals surface area (Å²) in [5.41, 5.74) is 0. The zero-order valence-electron chi connectivity index (χ0n) is 12.2. The van der Waals surface area contributed by atoms with Crippen LogP contribution >= 0.6 is 27.3 Å². The largest absolute Gasteiger partial charge is 0.383 e. The molecule has 0 amide bonds. The lowest BCUT2D eigenvalue weighted by Gasteiger charge is -2.22. The van der Waals surface area contributed by atoms with Crippen LogP contribution in [-0.2, 0) is 21.0 Å². The number of nitrogens with one attached hydrogen (secondary N) is 1. The van der Waals surface area contributed by atoms with Crippen molar-refractivity contribution >= 4 is 37.1 Å². The SMILES string of the molecule is COCCNCC(Cc1ccc(Br)s1)C1CCS(=O)(=O)C1. The van der Waals surface area contributed by atoms with Crippen LogP contribution in [0.5, 0.6) is 0 Å². The zero-order chi connectivity index (χ0) is 15.3. The van der Waals surface area contributed by atoms with Gasteiger partial charge >= 0.3 is 0 Å². The third kappa shape index (κ3) is 5.63. The molecule has 4 nitrogen and oxygen atoms in total. The van der Waals surface area contributed by atoms with Gasteiger partial charge in [0.2, 0.25) is 0 Å². The van der Waals surface area contributed by atoms with Gasteiger partial charge in [0.15, 0.2) is 9.84 Å². The number of sulfone groups is 1. The molecule has 0 bridgehead atoms. The van der Waals surface area contributed by atoms with Crippen molar-refractivity contribution in [2.45, 2.75) is 12.8 Å². The Labute approximate surface area is 139 Å². The quantitative estimate of drug-likeness (QED) is 0.686. The summed E-state index contributed by atoms with van der Waals surface area (Å²) in [7, 11) is -1.13. The minimum atomic E-state index is -2.82. The Bertz CT molecular complexity index is 544. The standard InChI is InChI=1S/C14H22BrNO3S2/c1-19-6-5-16-9-12(8-13-2-3-14(15)20-13)11-4-7-21(17,18)10-11/h2-3,11-12,16H,4-10H2,1H3. The molecule has 1 N–H and O–H groups in total. The van der Waals surface area contributed by atoms with E-state index in [2.05, 4.69) is 33.4 Å². The van der Waals surface area contributed by atoms with Gasteiger partial charge in [-0.05, 0) is 59.3 Å². The van der Waals surface area contributed by atoms with Gasteiger partial charge in [0.1, 0.15) is 0 Å². The summed E-state index contributed by atoms with van der Waals surface area (Å²) >= 11 is 5.22. The van der Waals surface area contributed by atoms with E-state index in [-0.39, 0.29) is 5.92 Å². The molecule has 1 saturated heterocycles. The normalized spacial score (nSPS) is 22.5. The molecular weight excluding hydrogens is 374 g/mol. The fourth-order valence-corrected chi connectivity index (χ4v) is 6.28. The predicted molar refractivity (Wildman–Crippen MR) is 90.7 cm³/mol. The molecule has 0 spiro atoms. The fraction of sp³-hybridized carbons (Fsp3) is 0.714. The summed E-state index contributed by atoms with van der Waals surface area (Å²) in [6.45, 7) is 2.33. The van der Waals surface area contributed by atoms with E-state index in [0.717, 1.165) is 29.7 Å². The van der Waals surface area contributed by atoms with Crippen molar-refractivity contribution in [3.63, 3.8) is 0 Å². The van der Waals surface area contributed by atoms with Crippen molar-refractivity contribution in [2.75, 3.05) is 38.3 Å². The van der Waals surface area contributed by atoms with Crippen molar-refractivity contribution < 1.29 is 13.2 Å². The topological polar surface area (TPSA) is 55.4 Å². The number of hydrogen-bond acceptors (Lipinski definition) is 5. The molecule has 1 fully saturated rings. The van der Waals surface area contributed by atoms with E-state index < -0.39 is 9.84 Å². The summed E-state index contributed by atoms with van der Waals surface area (Å²) in [5, 5.41) is 3.39. The molecule has 2 rings (SSSR count). The fourth-order valence-electron chi connectivity index (χ4n) is 2.78. The molecule has 0 aliphatic carbocycles. The number of methoxy groups -OCH3 is 1. The van der Waals surface area contributed by atoms with Crippen LogP contribution in [0.4, 0.5) is 0 Å². The van der Waals surface area contributed by atoms with Gasteiger partial charge in [-0.25, -0.2) is 8.42 Å². The summed E-state index contributed by atoms with van der Waals surface area (Å²) < 4.78 is 29.6. The van der Waals surface area contributed by atoms with Gasteiger partial charge in [-0.3, -0.25) is 0 Å². The Kier molecular flexibility index (Phi) is 6.68. The van der Waals surface area contributed by atoms with Gasteiger partial charge in [0.25, 0.3) is 0 Å². The van der Waals surface area contributed by atoms with E-state index >= 15 is 0 Å². The highest BCUT2D eigenvalue weighted by molar-refractivity contribution is 9.11. The Morgan fingerprint density at radius 3 is 2.90 bits per heavy atom. The monoisotopic (exact) mass is 395 g/mol. The van der Waals surface area contributed by atoms with Crippen LogP contribution in [0, 0.1) is 11.8 Å². The summed E-state index contributed by atoms with van der Waals surface area (Å²) in [6, 6.07) is 4.18. The number of halogens is 1. The van der Waals surface area contributed by atoms with Crippen LogP contribution in [0.15, 0.2) is 15.9 Å². The van der Waals surface area contributed by atoms with Gasteiger partial charge in [-0.1, -0.05) is 0 Å². The van der Waals surface area contributed by atoms with Crippen LogP contribution in [0.25, 0.3) is 0 Å². The molecule has 2 atom stereocenters. The first kappa shape index (κ1) is 17.4. The van der Waals surface area contributed by atoms with Crippen LogP contribution in [0.3, 0.4) is 0 Å². The first-order valence-corrected chi connectivity index (χ1v) is 10.6. The Balaban J connectivity index is 1.96. The summed E-state index contributed by atoms with van der Waals surface area (Å²) in [5.74, 6) is 1.33. The molecule has 7 heteroatoms. The van der Waals surface area contributed by atoms with Gasteiger partial charge < -0.3 is 10.1 Å². The molecule has 1 aromatic heterocycles. The maximum Gasteiger partial charge on any atom is 0.150 e. The van der Waals surface area contributed by atoms with Crippen molar-refractivity contribution in [1.82, 2.24) is 5.32 Å². The van der Waals surface area contributed by atoms with Crippen molar-refractivity contribution in [3.05, 3.63) is 20.8 Å². The van der Waals surface area contributed by atoms with Crippen molar-refractivity contribution in [2.24, 2.45) is 11.8 Å². The molecule has 0 saturated carbocycles. The maximum absolute atomic E-state index is 11.7. The van der Waals surface area contributed by atoms with E-state index in [9.17, 15) is 8.42 Å². The third-order valence-corrected chi connectivity index (χ3v) is 7.36. The second-order valence-electron chi connectivity index (χ2n) is 5.53. The van der Waals surface area contributed by atoms with Crippen LogP contribution < -0.4 is 5.32 Å². The van der Waals surface area contributed by atoms with Gasteiger partial charge in [0, 0.05) is 18.5 Å². The molecule has 21 heavy (non-hydrogen) atoms. The molecule has 0 aromatic carbocycles. The molecule has 0 radical (unpaired) electrons. The average Bonchev–Trinajstić information content (AvgIpc) is 2.99. The molecule has 1 aliphatic rings. The number of thiophene rings is 1. The van der Waals surface area contributed by atoms with E-state index in [1.807, 2.05) is 0 Å². The van der Waals surface area contributed by atoms with E-state index in [1.165, 1.54) is 4.88 Å². The van der Waals surface area contributed by atoms with Gasteiger partial charge in [0.05, 0.1) is 21.9 Å². The van der Waals surface area contributed by atoms with E-state index in [1.54, 1.807) is 18.4 Å². The summed E-state index contributed by atoms with van der Waals surface area (Å²) in [6.07, 6.45) is 1.74. The molecule has 1 aromatic rings. The Hall–Kier alpha value is 0.0500. The predicted octanol–water partition coefficient (Wildman–Crippen LogP) is 2.34. The smallest absolute Gasteiger partial charge is 0.150 e. The minimum Gasteiger partial charge on any atom is -0.383 e. The van der Waals surface area contributed by atoms with E-state index in [0.29, 0.717) is 24.0 Å². The number of hydrogen-bond donors (Lipinski definition) is 1. The first-order valence-electron chi connectivity index (χ1n) is 7.14. The van der Waals surface area contributed by atoms with Crippen LogP contribution in [0.2, 0.25) is 0 Å². The Morgan fingerprint density at radius 1 is 1.52 bits per heavy atom. The van der Waals surface area contributed by atoms with Gasteiger partial charge in [-0.2, -0.15) is 0 Å². The lowest BCUT2D eigenvalue weighted by molar-refractivity contribution is 0.195. The maximum atomic E-state index is 11.7. The molecular formula is C14H22BrNO3S2. The highest BCUT2D eigenvalue weighted by atomic mass is 79.9. The van der Waals surface area contributed by atoms with Crippen LogP contribution in [-0.4, -0.2) is 46.7 Å². The second-order valence-corrected chi connectivity index (χ2v) is 10.3. The highest BCUT2D eigenvalue weighted by Gasteiger charge is 2.33. The van der Waals surface area contributed by atoms with Gasteiger partial charge in [-0.15, -0.1) is 11.3 Å². The van der Waals surface area contributed by atoms with E-state index in [4.69, 9.17) is 4.74 Å². The van der Waals surface area contributed by atoms with Crippen molar-refractivity contribution in [1.29, 1.82) is 0 Å². The lowest BCUT2D eigenvalue weighted by Crippen LogP contribution is -2.32. The summed E-state index contributed by atoms with van der Waals surface area (Å²) in [4.78, 5) is 1.31. The minimum absolute atomic E-state index is 0.269. The number of ether oxygens (including phenoxy) is 1. The molecule has 120 valence electrons. The first-order chi connectivity index (χ1) is 10.00. The molecule has 2 unspecified atom stereocenters. The highest BCUT2D eigenvalue weighted by Crippen LogP contribution is 2.31.